The Morgan fingerprint density at radius 2 is 0.967 bits per heavy atom. The van der Waals surface area contributed by atoms with Gasteiger partial charge in [0.2, 0.25) is 5.91 Å². The number of phosphoric acid groups is 1. The van der Waals surface area contributed by atoms with Crippen molar-refractivity contribution in [3.05, 3.63) is 122 Å². The molecule has 0 saturated heterocycles. The van der Waals surface area contributed by atoms with E-state index >= 15 is 0 Å². The van der Waals surface area contributed by atoms with Gasteiger partial charge in [0, 0.05) is 13.0 Å². The van der Waals surface area contributed by atoms with Crippen molar-refractivity contribution >= 4 is 13.7 Å². The number of nitrogens with one attached hydrogen (secondary N) is 1. The first-order chi connectivity index (χ1) is 29.9. The summed E-state index contributed by atoms with van der Waals surface area (Å²) < 4.78 is 22.1. The molecule has 0 fully saturated rings. The lowest BCUT2D eigenvalue weighted by atomic mass is 10.1. The number of allylic oxidation sites excluding steroid dienone is 19. The molecule has 0 rings (SSSR count). The molecule has 3 atom stereocenters. The molecule has 8 nitrogen and oxygen atoms in total. The lowest BCUT2D eigenvalue weighted by Crippen LogP contribution is -2.45. The number of carbonyl (C=O) groups excluding carboxylic acids is 1. The Hall–Kier alpha value is -3.10. The summed E-state index contributed by atoms with van der Waals surface area (Å²) >= 11 is 0. The summed E-state index contributed by atoms with van der Waals surface area (Å²) in [5.41, 5.74) is 5.37. The summed E-state index contributed by atoms with van der Waals surface area (Å²) in [4.78, 5) is 22.7. The van der Waals surface area contributed by atoms with Crippen LogP contribution in [0.3, 0.4) is 0 Å². The molecule has 1 amide bonds. The van der Waals surface area contributed by atoms with E-state index in [1.165, 1.54) is 64.2 Å². The molecule has 0 aliphatic carbocycles. The lowest BCUT2D eigenvalue weighted by Gasteiger charge is -2.23. The van der Waals surface area contributed by atoms with Gasteiger partial charge in [-0.05, 0) is 96.3 Å². The molecule has 0 aliphatic rings. The minimum Gasteiger partial charge on any atom is -0.387 e. The standard InChI is InChI=1S/C52H87N2O6P/c1-3-5-7-9-11-13-15-17-19-21-23-24-25-26-28-30-32-34-36-38-40-42-44-46-52(56)54-50(49-60-61(57,58)59-48-47-53)51(55)45-43-41-39-37-35-33-31-29-27-22-20-18-16-14-12-10-8-6-4-2/h5,7,11,13,17,19,23-24,26-29,32,34-35,37-38,40,43,45,50-51,55H,3-4,6,8-10,12,14-16,18,20-22,25,30-31,33,36,39,41-42,44,46-49,53H2,1-2H3,(H,54,56)(H,57,58)/b7-5-,13-11-,19-17-,24-23-,28-26-,29-27+,34-32-,37-35+,40-38-,45-43+. The zero-order valence-corrected chi connectivity index (χ0v) is 39.2. The molecule has 0 aromatic carbocycles. The summed E-state index contributed by atoms with van der Waals surface area (Å²) in [6.07, 6.45) is 66.9. The van der Waals surface area contributed by atoms with Gasteiger partial charge >= 0.3 is 7.82 Å². The number of aliphatic hydroxyl groups is 1. The van der Waals surface area contributed by atoms with Crippen molar-refractivity contribution in [2.45, 2.75) is 180 Å². The maximum absolute atomic E-state index is 12.8. The predicted octanol–water partition coefficient (Wildman–Crippen LogP) is 13.9. The first kappa shape index (κ1) is 57.9. The van der Waals surface area contributed by atoms with Gasteiger partial charge in [0.1, 0.15) is 0 Å². The molecule has 0 saturated carbocycles. The second kappa shape index (κ2) is 46.4. The molecule has 5 N–H and O–H groups in total. The Labute approximate surface area is 373 Å². The Morgan fingerprint density at radius 1 is 0.557 bits per heavy atom. The number of rotatable bonds is 42. The summed E-state index contributed by atoms with van der Waals surface area (Å²) in [5.74, 6) is -0.271. The summed E-state index contributed by atoms with van der Waals surface area (Å²) in [5, 5.41) is 13.6. The van der Waals surface area contributed by atoms with Crippen LogP contribution in [0, 0.1) is 0 Å². The SMILES string of the molecule is CC/C=C\C/C=C\C/C=C\C/C=C\C/C=C\C/C=C\C/C=C\CCCC(=O)NC(COP(=O)(O)OCCN)C(O)/C=C/CC/C=C/CC/C=C/CCCCCCCCCCC. The van der Waals surface area contributed by atoms with E-state index in [0.717, 1.165) is 70.6 Å². The first-order valence-corrected chi connectivity index (χ1v) is 25.2. The van der Waals surface area contributed by atoms with Crippen LogP contribution in [0.25, 0.3) is 0 Å². The fourth-order valence-corrected chi connectivity index (χ4v) is 6.73. The molecule has 61 heavy (non-hydrogen) atoms. The van der Waals surface area contributed by atoms with Crippen LogP contribution >= 0.6 is 7.82 Å². The zero-order valence-electron chi connectivity index (χ0n) is 38.3. The van der Waals surface area contributed by atoms with Crippen LogP contribution in [-0.4, -0.2) is 47.8 Å². The molecule has 346 valence electrons. The van der Waals surface area contributed by atoms with E-state index in [1.54, 1.807) is 6.08 Å². The van der Waals surface area contributed by atoms with Gasteiger partial charge in [-0.25, -0.2) is 4.57 Å². The number of aliphatic hydroxyl groups excluding tert-OH is 1. The number of hydrogen-bond donors (Lipinski definition) is 4. The Morgan fingerprint density at radius 3 is 1.46 bits per heavy atom. The Kier molecular flexibility index (Phi) is 44.0. The highest BCUT2D eigenvalue weighted by Crippen LogP contribution is 2.43. The van der Waals surface area contributed by atoms with Gasteiger partial charge in [-0.1, -0.05) is 187 Å². The van der Waals surface area contributed by atoms with Crippen molar-refractivity contribution in [3.63, 3.8) is 0 Å². The van der Waals surface area contributed by atoms with Gasteiger partial charge < -0.3 is 21.1 Å². The maximum atomic E-state index is 12.8. The molecule has 9 heteroatoms. The molecular formula is C52H87N2O6P. The van der Waals surface area contributed by atoms with E-state index in [1.807, 2.05) is 6.08 Å². The largest absolute Gasteiger partial charge is 0.472 e. The molecular weight excluding hydrogens is 780 g/mol. The first-order valence-electron chi connectivity index (χ1n) is 23.7. The van der Waals surface area contributed by atoms with E-state index in [9.17, 15) is 19.4 Å². The van der Waals surface area contributed by atoms with Crippen LogP contribution in [-0.2, 0) is 18.4 Å². The maximum Gasteiger partial charge on any atom is 0.472 e. The number of hydrogen-bond acceptors (Lipinski definition) is 6. The second-order valence-electron chi connectivity index (χ2n) is 15.2. The van der Waals surface area contributed by atoms with E-state index < -0.39 is 26.6 Å². The van der Waals surface area contributed by atoms with E-state index in [2.05, 4.69) is 129 Å². The fourth-order valence-electron chi connectivity index (χ4n) is 5.97. The molecule has 0 heterocycles. The average molecular weight is 867 g/mol. The van der Waals surface area contributed by atoms with Gasteiger partial charge in [-0.2, -0.15) is 0 Å². The molecule has 0 radical (unpaired) electrons. The van der Waals surface area contributed by atoms with Gasteiger partial charge in [0.25, 0.3) is 0 Å². The minimum absolute atomic E-state index is 0.0554. The van der Waals surface area contributed by atoms with Crippen LogP contribution < -0.4 is 11.1 Å². The topological polar surface area (TPSA) is 131 Å². The fraction of sp³-hybridized carbons (Fsp3) is 0.596. The van der Waals surface area contributed by atoms with Gasteiger partial charge in [0.05, 0.1) is 25.4 Å². The molecule has 0 aromatic heterocycles. The normalized spacial score (nSPS) is 15.0. The third-order valence-corrected chi connectivity index (χ3v) is 10.5. The predicted molar refractivity (Wildman–Crippen MR) is 262 cm³/mol. The molecule has 0 bridgehead atoms. The lowest BCUT2D eigenvalue weighted by molar-refractivity contribution is -0.122. The van der Waals surface area contributed by atoms with E-state index in [-0.39, 0.29) is 25.5 Å². The third-order valence-electron chi connectivity index (χ3n) is 9.50. The Balaban J connectivity index is 4.39. The monoisotopic (exact) mass is 867 g/mol. The third kappa shape index (κ3) is 44.8. The quantitative estimate of drug-likeness (QED) is 0.0273. The van der Waals surface area contributed by atoms with Crippen molar-refractivity contribution in [2.75, 3.05) is 19.8 Å². The number of carbonyl (C=O) groups is 1. The van der Waals surface area contributed by atoms with Crippen LogP contribution in [0.2, 0.25) is 0 Å². The smallest absolute Gasteiger partial charge is 0.387 e. The van der Waals surface area contributed by atoms with Crippen molar-refractivity contribution in [3.8, 4) is 0 Å². The van der Waals surface area contributed by atoms with E-state index in [4.69, 9.17) is 14.8 Å². The zero-order chi connectivity index (χ0) is 44.6. The summed E-state index contributed by atoms with van der Waals surface area (Å²) in [6.45, 7) is 3.92. The Bertz CT molecular complexity index is 1360. The number of unbranched alkanes of at least 4 members (excludes halogenated alkanes) is 12. The van der Waals surface area contributed by atoms with Crippen LogP contribution in [0.4, 0.5) is 0 Å². The molecule has 0 aliphatic heterocycles. The van der Waals surface area contributed by atoms with Crippen LogP contribution in [0.15, 0.2) is 122 Å². The minimum atomic E-state index is -4.38. The highest BCUT2D eigenvalue weighted by Gasteiger charge is 2.26. The van der Waals surface area contributed by atoms with Crippen molar-refractivity contribution in [1.82, 2.24) is 5.32 Å². The highest BCUT2D eigenvalue weighted by molar-refractivity contribution is 7.47. The van der Waals surface area contributed by atoms with Gasteiger partial charge in [-0.15, -0.1) is 0 Å². The van der Waals surface area contributed by atoms with Gasteiger partial charge in [-0.3, -0.25) is 13.8 Å². The van der Waals surface area contributed by atoms with Crippen LogP contribution in [0.1, 0.15) is 168 Å². The van der Waals surface area contributed by atoms with E-state index in [0.29, 0.717) is 12.8 Å². The van der Waals surface area contributed by atoms with Crippen molar-refractivity contribution in [1.29, 1.82) is 0 Å². The summed E-state index contributed by atoms with van der Waals surface area (Å²) in [6, 6.07) is -0.924. The van der Waals surface area contributed by atoms with Crippen molar-refractivity contribution < 1.29 is 28.4 Å². The second-order valence-corrected chi connectivity index (χ2v) is 16.7. The van der Waals surface area contributed by atoms with Crippen LogP contribution in [0.5, 0.6) is 0 Å². The molecule has 0 spiro atoms. The van der Waals surface area contributed by atoms with Gasteiger partial charge in [0.15, 0.2) is 0 Å². The summed E-state index contributed by atoms with van der Waals surface area (Å²) in [7, 11) is -4.38. The molecule has 0 aromatic rings. The average Bonchev–Trinajstić information content (AvgIpc) is 3.25. The number of amides is 1. The number of phosphoric ester groups is 1. The molecule has 3 unspecified atom stereocenters. The highest BCUT2D eigenvalue weighted by atomic mass is 31.2. The van der Waals surface area contributed by atoms with Crippen molar-refractivity contribution in [2.24, 2.45) is 5.73 Å². The number of nitrogens with two attached hydrogens (primary N) is 1.